The summed E-state index contributed by atoms with van der Waals surface area (Å²) in [5.41, 5.74) is 0.955. The summed E-state index contributed by atoms with van der Waals surface area (Å²) in [6.07, 6.45) is -3.69. The van der Waals surface area contributed by atoms with E-state index in [4.69, 9.17) is 0 Å². The van der Waals surface area contributed by atoms with Crippen molar-refractivity contribution in [3.8, 4) is 0 Å². The Morgan fingerprint density at radius 1 is 1.19 bits per heavy atom. The third-order valence-electron chi connectivity index (χ3n) is 3.01. The maximum Gasteiger partial charge on any atom is 0.405 e. The number of anilines is 1. The minimum absolute atomic E-state index is 0.218. The maximum atomic E-state index is 12.7. The van der Waals surface area contributed by atoms with Crippen LogP contribution in [0.2, 0.25) is 0 Å². The van der Waals surface area contributed by atoms with Gasteiger partial charge < -0.3 is 10.0 Å². The van der Waals surface area contributed by atoms with Gasteiger partial charge >= 0.3 is 6.18 Å². The minimum Gasteiger partial charge on any atom is -0.392 e. The molecule has 0 amide bonds. The lowest BCUT2D eigenvalue weighted by Crippen LogP contribution is -2.36. The molecule has 1 heterocycles. The lowest BCUT2D eigenvalue weighted by atomic mass is 9.91. The second kappa shape index (κ2) is 6.64. The number of aliphatic hydroxyl groups excluding tert-OH is 1. The first kappa shape index (κ1) is 17.8. The first-order valence-corrected chi connectivity index (χ1v) is 7.01. The molecule has 0 radical (unpaired) electrons. The average Bonchev–Trinajstić information content (AvgIpc) is 2.35. The molecule has 0 unspecified atom stereocenters. The summed E-state index contributed by atoms with van der Waals surface area (Å²) in [6, 6.07) is 3.26. The highest BCUT2D eigenvalue weighted by Gasteiger charge is 2.31. The Hall–Kier alpha value is -1.30. The second-order valence-electron chi connectivity index (χ2n) is 6.16. The fraction of sp³-hybridized carbons (Fsp3) is 0.667. The van der Waals surface area contributed by atoms with Crippen LogP contribution in [-0.4, -0.2) is 29.4 Å². The van der Waals surface area contributed by atoms with Crippen molar-refractivity contribution >= 4 is 5.82 Å². The van der Waals surface area contributed by atoms with E-state index in [9.17, 15) is 18.3 Å². The van der Waals surface area contributed by atoms with Crippen molar-refractivity contribution in [2.24, 2.45) is 0 Å². The Kier molecular flexibility index (Phi) is 5.61. The van der Waals surface area contributed by atoms with Gasteiger partial charge in [0, 0.05) is 17.7 Å². The topological polar surface area (TPSA) is 36.4 Å². The van der Waals surface area contributed by atoms with Crippen LogP contribution < -0.4 is 4.90 Å². The molecule has 0 fully saturated rings. The number of rotatable bonds is 5. The smallest absolute Gasteiger partial charge is 0.392 e. The van der Waals surface area contributed by atoms with Crippen molar-refractivity contribution in [1.82, 2.24) is 4.98 Å². The van der Waals surface area contributed by atoms with E-state index in [0.717, 1.165) is 0 Å². The lowest BCUT2D eigenvalue weighted by molar-refractivity contribution is -0.119. The summed E-state index contributed by atoms with van der Waals surface area (Å²) < 4.78 is 38.1. The average molecular weight is 304 g/mol. The molecular formula is C15H23F3N2O. The van der Waals surface area contributed by atoms with E-state index in [1.54, 1.807) is 6.07 Å². The SMILES string of the molecule is CCCN(CC(F)(F)F)c1cc(CO)cc(C(C)(C)C)n1. The van der Waals surface area contributed by atoms with Gasteiger partial charge in [0.05, 0.1) is 6.61 Å². The first-order chi connectivity index (χ1) is 9.56. The van der Waals surface area contributed by atoms with Crippen LogP contribution in [0.1, 0.15) is 45.4 Å². The number of aliphatic hydroxyl groups is 1. The number of nitrogens with zero attached hydrogens (tertiary/aromatic N) is 2. The number of alkyl halides is 3. The largest absolute Gasteiger partial charge is 0.405 e. The molecule has 6 heteroatoms. The van der Waals surface area contributed by atoms with Crippen molar-refractivity contribution in [3.63, 3.8) is 0 Å². The van der Waals surface area contributed by atoms with E-state index in [1.807, 2.05) is 27.7 Å². The summed E-state index contributed by atoms with van der Waals surface area (Å²) >= 11 is 0. The zero-order chi connectivity index (χ0) is 16.3. The molecule has 0 saturated heterocycles. The van der Waals surface area contributed by atoms with Crippen LogP contribution in [0.25, 0.3) is 0 Å². The molecule has 0 atom stereocenters. The second-order valence-corrected chi connectivity index (χ2v) is 6.16. The molecule has 0 bridgehead atoms. The first-order valence-electron chi connectivity index (χ1n) is 7.01. The summed E-state index contributed by atoms with van der Waals surface area (Å²) in [6.45, 7) is 6.66. The van der Waals surface area contributed by atoms with Gasteiger partial charge in [0.1, 0.15) is 12.4 Å². The Bertz CT molecular complexity index is 467. The summed E-state index contributed by atoms with van der Waals surface area (Å²) in [5, 5.41) is 9.33. The van der Waals surface area contributed by atoms with Gasteiger partial charge in [-0.15, -0.1) is 0 Å². The Balaban J connectivity index is 3.23. The van der Waals surface area contributed by atoms with Crippen LogP contribution in [0.3, 0.4) is 0 Å². The van der Waals surface area contributed by atoms with Crippen LogP contribution in [0, 0.1) is 0 Å². The summed E-state index contributed by atoms with van der Waals surface area (Å²) in [4.78, 5) is 5.59. The van der Waals surface area contributed by atoms with Crippen LogP contribution in [0.15, 0.2) is 12.1 Å². The molecule has 1 rings (SSSR count). The van der Waals surface area contributed by atoms with Crippen molar-refractivity contribution in [2.75, 3.05) is 18.0 Å². The van der Waals surface area contributed by atoms with Crippen LogP contribution in [0.4, 0.5) is 19.0 Å². The van der Waals surface area contributed by atoms with Crippen molar-refractivity contribution in [2.45, 2.75) is 52.3 Å². The third kappa shape index (κ3) is 5.53. The standard InChI is InChI=1S/C15H23F3N2O/c1-5-6-20(10-15(16,17)18)13-8-11(9-21)7-12(19-13)14(2,3)4/h7-8,21H,5-6,9-10H2,1-4H3. The highest BCUT2D eigenvalue weighted by Crippen LogP contribution is 2.27. The molecule has 21 heavy (non-hydrogen) atoms. The van der Waals surface area contributed by atoms with Crippen LogP contribution in [-0.2, 0) is 12.0 Å². The molecule has 0 saturated carbocycles. The van der Waals surface area contributed by atoms with Crippen LogP contribution >= 0.6 is 0 Å². The van der Waals surface area contributed by atoms with Crippen LogP contribution in [0.5, 0.6) is 0 Å². The molecule has 1 aromatic rings. The number of hydrogen-bond donors (Lipinski definition) is 1. The number of aromatic nitrogens is 1. The number of hydrogen-bond acceptors (Lipinski definition) is 3. The molecule has 0 spiro atoms. The predicted molar refractivity (Wildman–Crippen MR) is 77.4 cm³/mol. The van der Waals surface area contributed by atoms with E-state index in [0.29, 0.717) is 17.7 Å². The van der Waals surface area contributed by atoms with Crippen molar-refractivity contribution in [3.05, 3.63) is 23.4 Å². The molecule has 0 aliphatic carbocycles. The molecule has 0 aliphatic rings. The highest BCUT2D eigenvalue weighted by molar-refractivity contribution is 5.44. The predicted octanol–water partition coefficient (Wildman–Crippen LogP) is 3.65. The minimum atomic E-state index is -4.28. The van der Waals surface area contributed by atoms with Gasteiger partial charge in [-0.3, -0.25) is 0 Å². The van der Waals surface area contributed by atoms with Gasteiger partial charge in [-0.1, -0.05) is 27.7 Å². The van der Waals surface area contributed by atoms with E-state index in [1.165, 1.54) is 11.0 Å². The lowest BCUT2D eigenvalue weighted by Gasteiger charge is -2.27. The van der Waals surface area contributed by atoms with E-state index in [2.05, 4.69) is 4.98 Å². The van der Waals surface area contributed by atoms with Crippen molar-refractivity contribution < 1.29 is 18.3 Å². The maximum absolute atomic E-state index is 12.7. The fourth-order valence-corrected chi connectivity index (χ4v) is 1.97. The van der Waals surface area contributed by atoms with Crippen molar-refractivity contribution in [1.29, 1.82) is 0 Å². The molecule has 0 aliphatic heterocycles. The molecule has 3 nitrogen and oxygen atoms in total. The molecule has 1 aromatic heterocycles. The normalized spacial score (nSPS) is 12.6. The highest BCUT2D eigenvalue weighted by atomic mass is 19.4. The van der Waals surface area contributed by atoms with Gasteiger partial charge in [-0.05, 0) is 24.1 Å². The van der Waals surface area contributed by atoms with Gasteiger partial charge in [-0.2, -0.15) is 13.2 Å². The quantitative estimate of drug-likeness (QED) is 0.902. The van der Waals surface area contributed by atoms with E-state index in [-0.39, 0.29) is 24.4 Å². The Morgan fingerprint density at radius 2 is 1.81 bits per heavy atom. The molecular weight excluding hydrogens is 281 g/mol. The van der Waals surface area contributed by atoms with E-state index >= 15 is 0 Å². The Morgan fingerprint density at radius 3 is 2.24 bits per heavy atom. The molecule has 120 valence electrons. The monoisotopic (exact) mass is 304 g/mol. The van der Waals surface area contributed by atoms with Gasteiger partial charge in [0.25, 0.3) is 0 Å². The van der Waals surface area contributed by atoms with Gasteiger partial charge in [-0.25, -0.2) is 4.98 Å². The van der Waals surface area contributed by atoms with E-state index < -0.39 is 12.7 Å². The zero-order valence-corrected chi connectivity index (χ0v) is 13.0. The molecule has 1 N–H and O–H groups in total. The van der Waals surface area contributed by atoms with Gasteiger partial charge in [0.15, 0.2) is 0 Å². The summed E-state index contributed by atoms with van der Waals surface area (Å²) in [5.74, 6) is 0.269. The fourth-order valence-electron chi connectivity index (χ4n) is 1.97. The number of pyridine rings is 1. The summed E-state index contributed by atoms with van der Waals surface area (Å²) in [7, 11) is 0. The Labute approximate surface area is 123 Å². The number of halogens is 3. The van der Waals surface area contributed by atoms with Gasteiger partial charge in [0.2, 0.25) is 0 Å². The molecule has 0 aromatic carbocycles. The zero-order valence-electron chi connectivity index (χ0n) is 13.0. The third-order valence-corrected chi connectivity index (χ3v) is 3.01.